The summed E-state index contributed by atoms with van der Waals surface area (Å²) in [7, 11) is 2.15. The maximum atomic E-state index is 11.8. The topological polar surface area (TPSA) is 23.6 Å². The second-order valence-corrected chi connectivity index (χ2v) is 5.43. The smallest absolute Gasteiger partial charge is 0.236 e. The zero-order chi connectivity index (χ0) is 10.1. The van der Waals surface area contributed by atoms with Gasteiger partial charge in [0.25, 0.3) is 0 Å². The monoisotopic (exact) mass is 260 g/mol. The van der Waals surface area contributed by atoms with Crippen LogP contribution in [0.1, 0.15) is 19.3 Å². The molecule has 2 saturated heterocycles. The molecule has 0 bridgehead atoms. The van der Waals surface area contributed by atoms with Crippen molar-refractivity contribution in [2.75, 3.05) is 26.7 Å². The van der Waals surface area contributed by atoms with Gasteiger partial charge in [-0.05, 0) is 39.4 Å². The Morgan fingerprint density at radius 2 is 1.86 bits per heavy atom. The number of carbonyl (C=O) groups excluding carboxylic acids is 1. The molecule has 0 aliphatic carbocycles. The lowest BCUT2D eigenvalue weighted by Crippen LogP contribution is -2.44. The van der Waals surface area contributed by atoms with E-state index in [1.807, 2.05) is 0 Å². The van der Waals surface area contributed by atoms with E-state index in [4.69, 9.17) is 0 Å². The predicted octanol–water partition coefficient (Wildman–Crippen LogP) is 1.08. The molecule has 2 rings (SSSR count). The van der Waals surface area contributed by atoms with Crippen molar-refractivity contribution >= 4 is 21.8 Å². The third-order valence-electron chi connectivity index (χ3n) is 3.30. The second-order valence-electron chi connectivity index (χ2n) is 4.32. The average molecular weight is 261 g/mol. The number of nitrogens with zero attached hydrogens (tertiary/aromatic N) is 2. The summed E-state index contributed by atoms with van der Waals surface area (Å²) in [4.78, 5) is 16.2. The maximum absolute atomic E-state index is 11.8. The minimum absolute atomic E-state index is 0.0853. The van der Waals surface area contributed by atoms with E-state index in [1.165, 1.54) is 0 Å². The van der Waals surface area contributed by atoms with Gasteiger partial charge >= 0.3 is 0 Å². The molecule has 0 spiro atoms. The molecule has 80 valence electrons. The fourth-order valence-electron chi connectivity index (χ4n) is 2.34. The number of likely N-dealkylation sites (tertiary alicyclic amines) is 2. The fourth-order valence-corrected chi connectivity index (χ4v) is 2.80. The maximum Gasteiger partial charge on any atom is 0.236 e. The summed E-state index contributed by atoms with van der Waals surface area (Å²) in [5, 5.41) is 0. The summed E-state index contributed by atoms with van der Waals surface area (Å²) in [6.07, 6.45) is 3.26. The Labute approximate surface area is 93.6 Å². The first-order valence-corrected chi connectivity index (χ1v) is 6.23. The van der Waals surface area contributed by atoms with Crippen LogP contribution in [0.3, 0.4) is 0 Å². The van der Waals surface area contributed by atoms with E-state index in [1.54, 1.807) is 0 Å². The Hall–Kier alpha value is -0.0900. The summed E-state index contributed by atoms with van der Waals surface area (Å²) in [6.45, 7) is 3.20. The summed E-state index contributed by atoms with van der Waals surface area (Å²) < 4.78 is 0. The van der Waals surface area contributed by atoms with Crippen molar-refractivity contribution in [2.45, 2.75) is 30.1 Å². The number of alkyl halides is 1. The molecule has 2 fully saturated rings. The van der Waals surface area contributed by atoms with Crippen LogP contribution in [0, 0.1) is 0 Å². The highest BCUT2D eigenvalue weighted by atomic mass is 79.9. The molecule has 1 unspecified atom stereocenters. The Bertz CT molecular complexity index is 226. The predicted molar refractivity (Wildman–Crippen MR) is 59.6 cm³/mol. The molecular formula is C10H17BrN2O. The zero-order valence-electron chi connectivity index (χ0n) is 8.58. The number of carbonyl (C=O) groups is 1. The largest absolute Gasteiger partial charge is 0.339 e. The van der Waals surface area contributed by atoms with Crippen molar-refractivity contribution in [3.8, 4) is 0 Å². The van der Waals surface area contributed by atoms with Crippen LogP contribution in [0.2, 0.25) is 0 Å². The molecule has 2 aliphatic heterocycles. The zero-order valence-corrected chi connectivity index (χ0v) is 10.2. The first kappa shape index (κ1) is 10.4. The summed E-state index contributed by atoms with van der Waals surface area (Å²) in [5.41, 5.74) is 0. The van der Waals surface area contributed by atoms with Gasteiger partial charge in [-0.1, -0.05) is 15.9 Å². The van der Waals surface area contributed by atoms with Gasteiger partial charge in [0.1, 0.15) is 0 Å². The average Bonchev–Trinajstić information content (AvgIpc) is 2.50. The Morgan fingerprint density at radius 1 is 1.21 bits per heavy atom. The molecule has 1 atom stereocenters. The van der Waals surface area contributed by atoms with Gasteiger partial charge in [0.15, 0.2) is 0 Å². The second kappa shape index (κ2) is 4.19. The SMILES string of the molecule is CN1CCC(N2CCC(Br)C2=O)CC1. The highest BCUT2D eigenvalue weighted by Crippen LogP contribution is 2.25. The number of rotatable bonds is 1. The Balaban J connectivity index is 1.93. The van der Waals surface area contributed by atoms with E-state index in [0.717, 1.165) is 38.9 Å². The van der Waals surface area contributed by atoms with Crippen LogP contribution in [-0.4, -0.2) is 53.3 Å². The molecule has 14 heavy (non-hydrogen) atoms. The highest BCUT2D eigenvalue weighted by Gasteiger charge is 2.35. The summed E-state index contributed by atoms with van der Waals surface area (Å²) in [6, 6.07) is 0.501. The van der Waals surface area contributed by atoms with E-state index < -0.39 is 0 Å². The molecule has 0 N–H and O–H groups in total. The quantitative estimate of drug-likeness (QED) is 0.659. The summed E-state index contributed by atoms with van der Waals surface area (Å²) in [5.74, 6) is 0.305. The highest BCUT2D eigenvalue weighted by molar-refractivity contribution is 9.10. The van der Waals surface area contributed by atoms with Gasteiger partial charge in [-0.25, -0.2) is 0 Å². The molecule has 2 heterocycles. The van der Waals surface area contributed by atoms with Crippen molar-refractivity contribution in [2.24, 2.45) is 0 Å². The van der Waals surface area contributed by atoms with Gasteiger partial charge in [0.05, 0.1) is 4.83 Å². The normalized spacial score (nSPS) is 31.4. The minimum atomic E-state index is 0.0853. The fraction of sp³-hybridized carbons (Fsp3) is 0.900. The standard InChI is InChI=1S/C10H17BrN2O/c1-12-5-2-8(3-6-12)13-7-4-9(11)10(13)14/h8-9H,2-7H2,1H3. The molecule has 0 saturated carbocycles. The third kappa shape index (κ3) is 1.96. The molecule has 2 aliphatic rings. The van der Waals surface area contributed by atoms with Gasteiger partial charge in [-0.2, -0.15) is 0 Å². The first-order valence-electron chi connectivity index (χ1n) is 5.31. The Kier molecular flexibility index (Phi) is 3.12. The number of halogens is 1. The van der Waals surface area contributed by atoms with Gasteiger partial charge < -0.3 is 9.80 Å². The first-order chi connectivity index (χ1) is 6.68. The lowest BCUT2D eigenvalue weighted by Gasteiger charge is -2.35. The van der Waals surface area contributed by atoms with E-state index in [9.17, 15) is 4.79 Å². The van der Waals surface area contributed by atoms with E-state index in [0.29, 0.717) is 11.9 Å². The number of piperidine rings is 1. The molecule has 0 aromatic heterocycles. The van der Waals surface area contributed by atoms with Crippen molar-refractivity contribution in [1.29, 1.82) is 0 Å². The van der Waals surface area contributed by atoms with Crippen LogP contribution >= 0.6 is 15.9 Å². The molecule has 1 amide bonds. The van der Waals surface area contributed by atoms with Crippen LogP contribution in [0.25, 0.3) is 0 Å². The number of hydrogen-bond donors (Lipinski definition) is 0. The molecule has 0 radical (unpaired) electrons. The van der Waals surface area contributed by atoms with Crippen molar-refractivity contribution in [1.82, 2.24) is 9.80 Å². The van der Waals surface area contributed by atoms with Crippen LogP contribution in [0.5, 0.6) is 0 Å². The molecule has 0 aromatic rings. The lowest BCUT2D eigenvalue weighted by molar-refractivity contribution is -0.129. The molecular weight excluding hydrogens is 244 g/mol. The van der Waals surface area contributed by atoms with Gasteiger partial charge in [0, 0.05) is 12.6 Å². The number of hydrogen-bond acceptors (Lipinski definition) is 2. The van der Waals surface area contributed by atoms with E-state index >= 15 is 0 Å². The van der Waals surface area contributed by atoms with Crippen LogP contribution in [-0.2, 0) is 4.79 Å². The van der Waals surface area contributed by atoms with Crippen molar-refractivity contribution in [3.05, 3.63) is 0 Å². The van der Waals surface area contributed by atoms with Crippen molar-refractivity contribution in [3.63, 3.8) is 0 Å². The third-order valence-corrected chi connectivity index (χ3v) is 4.15. The minimum Gasteiger partial charge on any atom is -0.339 e. The van der Waals surface area contributed by atoms with E-state index in [2.05, 4.69) is 32.8 Å². The molecule has 3 nitrogen and oxygen atoms in total. The van der Waals surface area contributed by atoms with Gasteiger partial charge in [-0.3, -0.25) is 4.79 Å². The summed E-state index contributed by atoms with van der Waals surface area (Å²) >= 11 is 3.42. The number of amides is 1. The van der Waals surface area contributed by atoms with Crippen LogP contribution < -0.4 is 0 Å². The van der Waals surface area contributed by atoms with Crippen LogP contribution in [0.4, 0.5) is 0 Å². The molecule has 0 aromatic carbocycles. The Morgan fingerprint density at radius 3 is 2.36 bits per heavy atom. The lowest BCUT2D eigenvalue weighted by atomic mass is 10.0. The van der Waals surface area contributed by atoms with Crippen LogP contribution in [0.15, 0.2) is 0 Å². The van der Waals surface area contributed by atoms with Gasteiger partial charge in [0.2, 0.25) is 5.91 Å². The van der Waals surface area contributed by atoms with Gasteiger partial charge in [-0.15, -0.1) is 0 Å². The van der Waals surface area contributed by atoms with Crippen molar-refractivity contribution < 1.29 is 4.79 Å². The van der Waals surface area contributed by atoms with E-state index in [-0.39, 0.29) is 4.83 Å². The molecule has 4 heteroatoms.